The quantitative estimate of drug-likeness (QED) is 0.325. The fraction of sp³-hybridized carbons (Fsp3) is 0.379. The van der Waals surface area contributed by atoms with Crippen LogP contribution < -0.4 is 4.90 Å². The monoisotopic (exact) mass is 658 g/mol. The summed E-state index contributed by atoms with van der Waals surface area (Å²) >= 11 is 12.4. The SMILES string of the molecule is CN(Cc1ccc(C(F)(F)F)c(F)c1)C1CN(C(=O)c2ccc(N3CCS(=O)(=O)CC3)nc2)CC1c1ccc(Cl)c(Cl)c1. The van der Waals surface area contributed by atoms with E-state index in [-0.39, 0.29) is 42.5 Å². The highest BCUT2D eigenvalue weighted by atomic mass is 35.5. The number of carbonyl (C=O) groups excluding carboxylic acids is 1. The molecule has 3 heterocycles. The van der Waals surface area contributed by atoms with Gasteiger partial charge in [-0.05, 0) is 54.6 Å². The van der Waals surface area contributed by atoms with E-state index >= 15 is 0 Å². The van der Waals surface area contributed by atoms with Crippen LogP contribution in [0.4, 0.5) is 23.4 Å². The summed E-state index contributed by atoms with van der Waals surface area (Å²) in [5.74, 6) is -1.15. The lowest BCUT2D eigenvalue weighted by molar-refractivity contribution is -0.140. The van der Waals surface area contributed by atoms with Crippen LogP contribution in [0.15, 0.2) is 54.7 Å². The third-order valence-corrected chi connectivity index (χ3v) is 10.3. The fourth-order valence-corrected chi connectivity index (χ4v) is 7.09. The van der Waals surface area contributed by atoms with E-state index in [1.54, 1.807) is 36.2 Å². The molecular weight excluding hydrogens is 631 g/mol. The normalized spacial score (nSPS) is 20.6. The summed E-state index contributed by atoms with van der Waals surface area (Å²) in [6, 6.07) is 11.2. The number of anilines is 1. The molecule has 43 heavy (non-hydrogen) atoms. The van der Waals surface area contributed by atoms with Gasteiger partial charge in [-0.25, -0.2) is 17.8 Å². The van der Waals surface area contributed by atoms with Crippen molar-refractivity contribution >= 4 is 44.8 Å². The lowest BCUT2D eigenvalue weighted by Gasteiger charge is -2.29. The smallest absolute Gasteiger partial charge is 0.355 e. The highest BCUT2D eigenvalue weighted by Gasteiger charge is 2.39. The van der Waals surface area contributed by atoms with Gasteiger partial charge in [-0.3, -0.25) is 9.69 Å². The summed E-state index contributed by atoms with van der Waals surface area (Å²) in [7, 11) is -1.27. The Morgan fingerprint density at radius 3 is 2.35 bits per heavy atom. The van der Waals surface area contributed by atoms with Gasteiger partial charge in [0.25, 0.3) is 5.91 Å². The average molecular weight is 660 g/mol. The van der Waals surface area contributed by atoms with Crippen LogP contribution in [0.1, 0.15) is 33.0 Å². The molecule has 2 aliphatic rings. The third kappa shape index (κ3) is 7.08. The van der Waals surface area contributed by atoms with Crippen molar-refractivity contribution in [3.63, 3.8) is 0 Å². The summed E-state index contributed by atoms with van der Waals surface area (Å²) in [5.41, 5.74) is 0.217. The van der Waals surface area contributed by atoms with E-state index in [9.17, 15) is 30.8 Å². The Labute approximate surface area is 256 Å². The molecule has 0 bridgehead atoms. The number of hydrogen-bond acceptors (Lipinski definition) is 6. The molecule has 2 aliphatic heterocycles. The maximum atomic E-state index is 14.3. The van der Waals surface area contributed by atoms with Gasteiger partial charge in [0, 0.05) is 50.9 Å². The molecule has 0 aliphatic carbocycles. The van der Waals surface area contributed by atoms with Gasteiger partial charge in [-0.15, -0.1) is 0 Å². The second-order valence-electron chi connectivity index (χ2n) is 10.8. The second kappa shape index (κ2) is 12.2. The van der Waals surface area contributed by atoms with Gasteiger partial charge in [0.1, 0.15) is 11.6 Å². The van der Waals surface area contributed by atoms with E-state index < -0.39 is 27.4 Å². The molecule has 5 rings (SSSR count). The molecule has 0 N–H and O–H groups in total. The number of hydrogen-bond donors (Lipinski definition) is 0. The number of amides is 1. The zero-order valence-electron chi connectivity index (χ0n) is 23.0. The first-order valence-corrected chi connectivity index (χ1v) is 16.0. The summed E-state index contributed by atoms with van der Waals surface area (Å²) in [6.45, 7) is 1.41. The molecule has 0 radical (unpaired) electrons. The van der Waals surface area contributed by atoms with Gasteiger partial charge in [0.15, 0.2) is 9.84 Å². The number of alkyl halides is 3. The molecule has 2 saturated heterocycles. The van der Waals surface area contributed by atoms with Crippen LogP contribution >= 0.6 is 23.2 Å². The molecule has 1 amide bonds. The zero-order chi connectivity index (χ0) is 31.1. The lowest BCUT2D eigenvalue weighted by Crippen LogP contribution is -2.40. The fourth-order valence-electron chi connectivity index (χ4n) is 5.59. The Morgan fingerprint density at radius 2 is 1.74 bits per heavy atom. The highest BCUT2D eigenvalue weighted by molar-refractivity contribution is 7.91. The van der Waals surface area contributed by atoms with Crippen LogP contribution in [-0.4, -0.2) is 79.9 Å². The van der Waals surface area contributed by atoms with Crippen molar-refractivity contribution in [1.82, 2.24) is 14.8 Å². The van der Waals surface area contributed by atoms with Gasteiger partial charge in [-0.2, -0.15) is 13.2 Å². The molecule has 2 unspecified atom stereocenters. The van der Waals surface area contributed by atoms with Crippen LogP contribution in [0, 0.1) is 5.82 Å². The number of aromatic nitrogens is 1. The molecule has 3 aromatic rings. The Kier molecular flexibility index (Phi) is 8.95. The molecule has 1 aromatic heterocycles. The Bertz CT molecular complexity index is 1610. The molecule has 2 aromatic carbocycles. The molecule has 2 atom stereocenters. The van der Waals surface area contributed by atoms with E-state index in [1.165, 1.54) is 12.3 Å². The van der Waals surface area contributed by atoms with Crippen molar-refractivity contribution in [2.45, 2.75) is 24.7 Å². The highest BCUT2D eigenvalue weighted by Crippen LogP contribution is 2.36. The maximum Gasteiger partial charge on any atom is 0.419 e. The first-order valence-electron chi connectivity index (χ1n) is 13.4. The summed E-state index contributed by atoms with van der Waals surface area (Å²) < 4.78 is 76.9. The van der Waals surface area contributed by atoms with E-state index in [1.807, 2.05) is 15.9 Å². The number of carbonyl (C=O) groups is 1. The predicted octanol–water partition coefficient (Wildman–Crippen LogP) is 5.52. The lowest BCUT2D eigenvalue weighted by atomic mass is 9.93. The van der Waals surface area contributed by atoms with Crippen LogP contribution in [0.2, 0.25) is 10.0 Å². The van der Waals surface area contributed by atoms with Crippen molar-refractivity contribution in [3.8, 4) is 0 Å². The van der Waals surface area contributed by atoms with Crippen molar-refractivity contribution in [3.05, 3.63) is 92.8 Å². The summed E-state index contributed by atoms with van der Waals surface area (Å²) in [5, 5.41) is 0.722. The van der Waals surface area contributed by atoms with Crippen molar-refractivity contribution < 1.29 is 30.8 Å². The van der Waals surface area contributed by atoms with E-state index in [0.717, 1.165) is 17.7 Å². The standard InChI is InChI=1S/C29H28Cl2F4N4O3S/c1-37(15-18-2-5-22(25(32)12-18)29(33,34)35)26-17-39(16-21(26)19-3-6-23(30)24(31)13-19)28(40)20-4-7-27(36-14-20)38-8-10-43(41,42)11-9-38/h2-7,12-14,21,26H,8-11,15-17H2,1H3. The maximum absolute atomic E-state index is 14.3. The van der Waals surface area contributed by atoms with Gasteiger partial charge >= 0.3 is 6.18 Å². The largest absolute Gasteiger partial charge is 0.419 e. The van der Waals surface area contributed by atoms with Crippen LogP contribution in [0.3, 0.4) is 0 Å². The number of benzene rings is 2. The van der Waals surface area contributed by atoms with Gasteiger partial charge in [0.2, 0.25) is 0 Å². The number of sulfone groups is 1. The predicted molar refractivity (Wildman–Crippen MR) is 157 cm³/mol. The van der Waals surface area contributed by atoms with Crippen LogP contribution in [0.25, 0.3) is 0 Å². The van der Waals surface area contributed by atoms with Crippen LogP contribution in [-0.2, 0) is 22.6 Å². The number of rotatable bonds is 6. The number of halogens is 6. The molecule has 14 heteroatoms. The number of likely N-dealkylation sites (tertiary alicyclic amines) is 1. The number of pyridine rings is 1. The Balaban J connectivity index is 1.35. The molecule has 7 nitrogen and oxygen atoms in total. The first kappa shape index (κ1) is 31.5. The number of likely N-dealkylation sites (N-methyl/N-ethyl adjacent to an activating group) is 1. The molecule has 0 saturated carbocycles. The van der Waals surface area contributed by atoms with Crippen molar-refractivity contribution in [2.24, 2.45) is 0 Å². The summed E-state index contributed by atoms with van der Waals surface area (Å²) in [6.07, 6.45) is -3.32. The topological polar surface area (TPSA) is 73.8 Å². The van der Waals surface area contributed by atoms with Gasteiger partial charge in [0.05, 0.1) is 32.7 Å². The summed E-state index contributed by atoms with van der Waals surface area (Å²) in [4.78, 5) is 23.4. The van der Waals surface area contributed by atoms with Gasteiger partial charge in [-0.1, -0.05) is 35.3 Å². The Morgan fingerprint density at radius 1 is 1.02 bits per heavy atom. The first-order chi connectivity index (χ1) is 20.2. The molecule has 2 fully saturated rings. The minimum atomic E-state index is -4.79. The zero-order valence-corrected chi connectivity index (χ0v) is 25.3. The van der Waals surface area contributed by atoms with E-state index in [0.29, 0.717) is 46.6 Å². The van der Waals surface area contributed by atoms with Crippen LogP contribution in [0.5, 0.6) is 0 Å². The number of nitrogens with zero attached hydrogens (tertiary/aromatic N) is 4. The Hall–Kier alpha value is -2.93. The van der Waals surface area contributed by atoms with Gasteiger partial charge < -0.3 is 9.80 Å². The van der Waals surface area contributed by atoms with E-state index in [2.05, 4.69) is 4.98 Å². The average Bonchev–Trinajstić information content (AvgIpc) is 3.39. The molecule has 0 spiro atoms. The third-order valence-electron chi connectivity index (χ3n) is 7.95. The second-order valence-corrected chi connectivity index (χ2v) is 13.9. The van der Waals surface area contributed by atoms with Crippen molar-refractivity contribution in [1.29, 1.82) is 0 Å². The van der Waals surface area contributed by atoms with E-state index in [4.69, 9.17) is 23.2 Å². The van der Waals surface area contributed by atoms with Crippen molar-refractivity contribution in [2.75, 3.05) is 49.6 Å². The minimum Gasteiger partial charge on any atom is -0.355 e. The minimum absolute atomic E-state index is 0.0489. The molecular formula is C29H28Cl2F4N4O3S. The molecule has 230 valence electrons.